The van der Waals surface area contributed by atoms with E-state index in [0.29, 0.717) is 29.4 Å². The fourth-order valence-electron chi connectivity index (χ4n) is 4.11. The summed E-state index contributed by atoms with van der Waals surface area (Å²) in [5.74, 6) is 0.465. The molecule has 1 atom stereocenters. The van der Waals surface area contributed by atoms with Crippen molar-refractivity contribution in [2.45, 2.75) is 91.2 Å². The average molecular weight is 496 g/mol. The number of carbonyl (C=O) groups is 2. The number of hydrogen-bond acceptors (Lipinski definition) is 6. The maximum atomic E-state index is 12.9. The van der Waals surface area contributed by atoms with E-state index in [9.17, 15) is 9.59 Å². The van der Waals surface area contributed by atoms with Crippen LogP contribution in [0.4, 0.5) is 0 Å². The summed E-state index contributed by atoms with van der Waals surface area (Å²) in [4.78, 5) is 28.2. The van der Waals surface area contributed by atoms with Crippen LogP contribution in [0.5, 0.6) is 5.75 Å². The number of benzene rings is 1. The molecule has 0 saturated carbocycles. The highest BCUT2D eigenvalue weighted by Gasteiger charge is 2.20. The van der Waals surface area contributed by atoms with Crippen LogP contribution in [-0.2, 0) is 29.0 Å². The standard InChI is InChI=1S/C28H37N3O5/c1-4-5-6-7-8-9-10-22-11-14-24(15-12-22)35-20(2)26(32)19-31-17-23(13-16-27(33)34)25(18-31)28-29-21(3)30-36-28/h11-12,14-15,17-18,20H,4-10,13,16,19H2,1-3H3,(H,33,34). The minimum Gasteiger partial charge on any atom is -0.483 e. The second-order valence-electron chi connectivity index (χ2n) is 9.30. The number of carboxylic acids is 1. The molecule has 0 bridgehead atoms. The molecule has 1 aromatic carbocycles. The summed E-state index contributed by atoms with van der Waals surface area (Å²) in [5, 5.41) is 12.9. The molecular weight excluding hydrogens is 458 g/mol. The Balaban J connectivity index is 1.55. The number of carbonyl (C=O) groups excluding carboxylic acids is 1. The molecule has 36 heavy (non-hydrogen) atoms. The first kappa shape index (κ1) is 27.2. The van der Waals surface area contributed by atoms with E-state index in [2.05, 4.69) is 29.2 Å². The molecule has 1 N–H and O–H groups in total. The maximum absolute atomic E-state index is 12.9. The van der Waals surface area contributed by atoms with Crippen LogP contribution in [0.15, 0.2) is 41.2 Å². The number of aryl methyl sites for hydroxylation is 3. The van der Waals surface area contributed by atoms with Gasteiger partial charge in [0.25, 0.3) is 5.89 Å². The van der Waals surface area contributed by atoms with Crippen molar-refractivity contribution in [3.8, 4) is 17.2 Å². The fraction of sp³-hybridized carbons (Fsp3) is 0.500. The number of nitrogens with zero attached hydrogens (tertiary/aromatic N) is 3. The van der Waals surface area contributed by atoms with Crippen molar-refractivity contribution in [1.29, 1.82) is 0 Å². The summed E-state index contributed by atoms with van der Waals surface area (Å²) < 4.78 is 12.9. The van der Waals surface area contributed by atoms with Crippen molar-refractivity contribution in [3.05, 3.63) is 53.6 Å². The molecule has 194 valence electrons. The number of aromatic nitrogens is 3. The second-order valence-corrected chi connectivity index (χ2v) is 9.30. The number of rotatable bonds is 16. The zero-order valence-electron chi connectivity index (χ0n) is 21.5. The molecule has 0 saturated heterocycles. The van der Waals surface area contributed by atoms with Gasteiger partial charge in [-0.1, -0.05) is 56.3 Å². The lowest BCUT2D eigenvalue weighted by molar-refractivity contribution is -0.137. The zero-order valence-corrected chi connectivity index (χ0v) is 21.5. The van der Waals surface area contributed by atoms with E-state index in [1.165, 1.54) is 44.1 Å². The molecule has 3 rings (SSSR count). The normalized spacial score (nSPS) is 12.0. The molecule has 0 aliphatic carbocycles. The first-order valence-electron chi connectivity index (χ1n) is 12.8. The molecular formula is C28H37N3O5. The van der Waals surface area contributed by atoms with Gasteiger partial charge in [0.1, 0.15) is 5.75 Å². The Morgan fingerprint density at radius 2 is 1.78 bits per heavy atom. The van der Waals surface area contributed by atoms with Gasteiger partial charge in [-0.25, -0.2) is 0 Å². The van der Waals surface area contributed by atoms with Crippen molar-refractivity contribution >= 4 is 11.8 Å². The summed E-state index contributed by atoms with van der Waals surface area (Å²) in [6.45, 7) is 5.77. The lowest BCUT2D eigenvalue weighted by atomic mass is 10.0. The Hall–Kier alpha value is -3.42. The fourth-order valence-corrected chi connectivity index (χ4v) is 4.11. The largest absolute Gasteiger partial charge is 0.483 e. The smallest absolute Gasteiger partial charge is 0.303 e. The van der Waals surface area contributed by atoms with Crippen LogP contribution in [0.2, 0.25) is 0 Å². The van der Waals surface area contributed by atoms with Gasteiger partial charge in [0.15, 0.2) is 17.7 Å². The lowest BCUT2D eigenvalue weighted by Crippen LogP contribution is -2.27. The van der Waals surface area contributed by atoms with Gasteiger partial charge in [-0.05, 0) is 56.4 Å². The number of hydrogen-bond donors (Lipinski definition) is 1. The first-order valence-corrected chi connectivity index (χ1v) is 12.8. The highest BCUT2D eigenvalue weighted by Crippen LogP contribution is 2.25. The molecule has 8 heteroatoms. The zero-order chi connectivity index (χ0) is 25.9. The molecule has 0 spiro atoms. The lowest BCUT2D eigenvalue weighted by Gasteiger charge is -2.14. The van der Waals surface area contributed by atoms with Crippen molar-refractivity contribution in [2.75, 3.05) is 0 Å². The van der Waals surface area contributed by atoms with Crippen LogP contribution in [0, 0.1) is 6.92 Å². The molecule has 0 aliphatic rings. The van der Waals surface area contributed by atoms with Crippen molar-refractivity contribution in [2.24, 2.45) is 0 Å². The molecule has 8 nitrogen and oxygen atoms in total. The van der Waals surface area contributed by atoms with Gasteiger partial charge >= 0.3 is 5.97 Å². The molecule has 0 aliphatic heterocycles. The van der Waals surface area contributed by atoms with Crippen LogP contribution in [0.25, 0.3) is 11.5 Å². The summed E-state index contributed by atoms with van der Waals surface area (Å²) >= 11 is 0. The highest BCUT2D eigenvalue weighted by atomic mass is 16.5. The monoisotopic (exact) mass is 495 g/mol. The average Bonchev–Trinajstić information content (AvgIpc) is 3.46. The molecule has 2 aromatic heterocycles. The van der Waals surface area contributed by atoms with Gasteiger partial charge in [-0.2, -0.15) is 4.98 Å². The Bertz CT molecular complexity index is 1120. The van der Waals surface area contributed by atoms with E-state index in [1.54, 1.807) is 30.8 Å². The first-order chi connectivity index (χ1) is 17.4. The van der Waals surface area contributed by atoms with E-state index in [1.807, 2.05) is 12.1 Å². The quantitative estimate of drug-likeness (QED) is 0.250. The summed E-state index contributed by atoms with van der Waals surface area (Å²) in [7, 11) is 0. The third-order valence-corrected chi connectivity index (χ3v) is 6.18. The molecule has 1 unspecified atom stereocenters. The van der Waals surface area contributed by atoms with E-state index in [4.69, 9.17) is 14.4 Å². The minimum absolute atomic E-state index is 0.0353. The van der Waals surface area contributed by atoms with Crippen LogP contribution in [-0.4, -0.2) is 37.7 Å². The predicted octanol–water partition coefficient (Wildman–Crippen LogP) is 5.80. The Labute approximate surface area is 212 Å². The van der Waals surface area contributed by atoms with Crippen molar-refractivity contribution in [3.63, 3.8) is 0 Å². The van der Waals surface area contributed by atoms with Gasteiger partial charge in [0.2, 0.25) is 0 Å². The summed E-state index contributed by atoms with van der Waals surface area (Å²) in [6, 6.07) is 7.98. The van der Waals surface area contributed by atoms with Crippen LogP contribution < -0.4 is 4.74 Å². The van der Waals surface area contributed by atoms with E-state index in [-0.39, 0.29) is 18.7 Å². The van der Waals surface area contributed by atoms with Crippen LogP contribution in [0.1, 0.15) is 75.7 Å². The third-order valence-electron chi connectivity index (χ3n) is 6.18. The minimum atomic E-state index is -0.897. The highest BCUT2D eigenvalue weighted by molar-refractivity contribution is 5.83. The number of carboxylic acid groups (broad SMARTS) is 1. The van der Waals surface area contributed by atoms with Crippen LogP contribution in [0.3, 0.4) is 0 Å². The van der Waals surface area contributed by atoms with Gasteiger partial charge in [-0.3, -0.25) is 9.59 Å². The topological polar surface area (TPSA) is 107 Å². The maximum Gasteiger partial charge on any atom is 0.303 e. The van der Waals surface area contributed by atoms with E-state index >= 15 is 0 Å². The van der Waals surface area contributed by atoms with Gasteiger partial charge in [0.05, 0.1) is 12.1 Å². The Kier molecular flexibility index (Phi) is 10.3. The number of aliphatic carboxylic acids is 1. The second kappa shape index (κ2) is 13.6. The summed E-state index contributed by atoms with van der Waals surface area (Å²) in [5.41, 5.74) is 2.66. The molecule has 3 aromatic rings. The van der Waals surface area contributed by atoms with Gasteiger partial charge < -0.3 is 18.9 Å². The Morgan fingerprint density at radius 1 is 1.06 bits per heavy atom. The molecule has 2 heterocycles. The third kappa shape index (κ3) is 8.36. The predicted molar refractivity (Wildman–Crippen MR) is 137 cm³/mol. The Morgan fingerprint density at radius 3 is 2.44 bits per heavy atom. The van der Waals surface area contributed by atoms with E-state index in [0.717, 1.165) is 12.0 Å². The number of ether oxygens (including phenoxy) is 1. The molecule has 0 fully saturated rings. The number of Topliss-reactive ketones (excluding diaryl/α,β-unsaturated/α-hetero) is 1. The van der Waals surface area contributed by atoms with Crippen molar-refractivity contribution in [1.82, 2.24) is 14.7 Å². The van der Waals surface area contributed by atoms with Crippen molar-refractivity contribution < 1.29 is 24.0 Å². The summed E-state index contributed by atoms with van der Waals surface area (Å²) in [6.07, 6.45) is 11.8. The van der Waals surface area contributed by atoms with Gasteiger partial charge in [-0.15, -0.1) is 0 Å². The molecule has 0 amide bonds. The van der Waals surface area contributed by atoms with Gasteiger partial charge in [0, 0.05) is 18.8 Å². The van der Waals surface area contributed by atoms with E-state index < -0.39 is 12.1 Å². The number of unbranched alkanes of at least 4 members (excludes halogenated alkanes) is 5. The van der Waals surface area contributed by atoms with Crippen LogP contribution >= 0.6 is 0 Å². The molecule has 0 radical (unpaired) electrons. The number of ketones is 1. The SMILES string of the molecule is CCCCCCCCc1ccc(OC(C)C(=O)Cn2cc(CCC(=O)O)c(-c3nc(C)no3)c2)cc1.